The third-order valence-corrected chi connectivity index (χ3v) is 0. The summed E-state index contributed by atoms with van der Waals surface area (Å²) in [6.45, 7) is 0. The molecule has 0 rings (SSSR count). The molecule has 0 aromatic carbocycles. The van der Waals surface area contributed by atoms with Crippen LogP contribution in [-0.2, 0) is 0 Å². The number of carbonyl (C=O) groups is 1. The molecule has 28 valence electrons. The van der Waals surface area contributed by atoms with Crippen LogP contribution in [0.1, 0.15) is 0 Å². The molecule has 0 aliphatic rings. The zero-order valence-corrected chi connectivity index (χ0v) is 4.64. The van der Waals surface area contributed by atoms with Crippen molar-refractivity contribution >= 4 is 89.4 Å². The van der Waals surface area contributed by atoms with Crippen LogP contribution in [0.4, 0.5) is 4.79 Å². The summed E-state index contributed by atoms with van der Waals surface area (Å²) in [6, 6.07) is 0. The first kappa shape index (κ1) is 15.7. The Labute approximate surface area is 102 Å². The van der Waals surface area contributed by atoms with Gasteiger partial charge in [0, 0.05) is 0 Å². The van der Waals surface area contributed by atoms with E-state index < -0.39 is 6.16 Å². The van der Waals surface area contributed by atoms with Gasteiger partial charge in [-0.05, 0) is 6.16 Å². The molecule has 0 radical (unpaired) electrons. The quantitative estimate of drug-likeness (QED) is 0.368. The molecule has 0 aromatic heterocycles. The predicted octanol–water partition coefficient (Wildman–Crippen LogP) is -3.74. The maximum absolute atomic E-state index is 8.33. The van der Waals surface area contributed by atoms with Crippen LogP contribution in [0.3, 0.4) is 0 Å². The Bertz CT molecular complexity index is 33.8. The van der Waals surface area contributed by atoms with E-state index in [-0.39, 0.29) is 83.2 Å². The first-order valence-corrected chi connectivity index (χ1v) is 0.612. The molecule has 0 unspecified atom stereocenters. The van der Waals surface area contributed by atoms with Crippen molar-refractivity contribution in [3.05, 3.63) is 0 Å². The monoisotopic (exact) mass is 190 g/mol. The Morgan fingerprint density at radius 1 is 1.33 bits per heavy atom. The second-order valence-electron chi connectivity index (χ2n) is 0.250. The molecule has 0 atom stereocenters. The average molecular weight is 190 g/mol. The molecule has 0 saturated carbocycles. The molecule has 3 nitrogen and oxygen atoms in total. The second kappa shape index (κ2) is 10.1. The van der Waals surface area contributed by atoms with Gasteiger partial charge >= 0.3 is 83.2 Å². The minimum absolute atomic E-state index is 0. The summed E-state index contributed by atoms with van der Waals surface area (Å²) in [5.74, 6) is 0. The first-order valence-electron chi connectivity index (χ1n) is 0.612. The molecular weight excluding hydrogens is 188 g/mol. The summed E-state index contributed by atoms with van der Waals surface area (Å²) >= 11 is 0. The van der Waals surface area contributed by atoms with Crippen LogP contribution in [-0.4, -0.2) is 89.4 Å². The Morgan fingerprint density at radius 3 is 1.33 bits per heavy atom. The molecule has 0 heterocycles. The summed E-state index contributed by atoms with van der Waals surface area (Å²) in [6.07, 6.45) is -2.33. The molecular formula is CH2CaO3Sr. The van der Waals surface area contributed by atoms with Gasteiger partial charge in [-0.25, -0.2) is 0 Å². The average Bonchev–Trinajstić information content (AvgIpc) is 0.811. The van der Waals surface area contributed by atoms with Gasteiger partial charge in [0.1, 0.15) is 0 Å². The fraction of sp³-hybridized carbons (Fsp3) is 0. The summed E-state index contributed by atoms with van der Waals surface area (Å²) < 4.78 is 0. The number of hydrogen-bond acceptors (Lipinski definition) is 3. The molecule has 0 saturated heterocycles. The summed E-state index contributed by atoms with van der Waals surface area (Å²) in [4.78, 5) is 8.33. The summed E-state index contributed by atoms with van der Waals surface area (Å²) in [5, 5.41) is 16.7. The molecule has 0 bridgehead atoms. The van der Waals surface area contributed by atoms with Gasteiger partial charge in [0.05, 0.1) is 0 Å². The Balaban J connectivity index is -0.0000000450. The standard InChI is InChI=1S/CH2O3.Ca.Sr.2H/c2-1(3)4;;;;/h(H2,2,3,4);;;;/q;+2;;;/p-2. The van der Waals surface area contributed by atoms with E-state index in [0.717, 1.165) is 0 Å². The normalized spacial score (nSPS) is 4.00. The van der Waals surface area contributed by atoms with Crippen molar-refractivity contribution in [3.63, 3.8) is 0 Å². The number of carbonyl (C=O) groups excluding carboxylic acids is 1. The fourth-order valence-corrected chi connectivity index (χ4v) is 0. The van der Waals surface area contributed by atoms with Gasteiger partial charge in [-0.3, -0.25) is 0 Å². The number of hydrogen-bond donors (Lipinski definition) is 0. The molecule has 0 spiro atoms. The van der Waals surface area contributed by atoms with Crippen LogP contribution in [0, 0.1) is 0 Å². The van der Waals surface area contributed by atoms with E-state index in [9.17, 15) is 0 Å². The van der Waals surface area contributed by atoms with Crippen molar-refractivity contribution in [2.45, 2.75) is 0 Å². The summed E-state index contributed by atoms with van der Waals surface area (Å²) in [7, 11) is 0. The van der Waals surface area contributed by atoms with E-state index in [0.29, 0.717) is 0 Å². The predicted molar refractivity (Wildman–Crippen MR) is 19.7 cm³/mol. The topological polar surface area (TPSA) is 63.2 Å². The van der Waals surface area contributed by atoms with Gasteiger partial charge in [0.25, 0.3) is 0 Å². The SMILES string of the molecule is O=C([O-])[O-].[Ca+2].[SrH2]. The molecule has 5 heteroatoms. The number of rotatable bonds is 0. The number of carboxylic acid groups (broad SMARTS) is 2. The van der Waals surface area contributed by atoms with Crippen molar-refractivity contribution in [2.75, 3.05) is 0 Å². The summed E-state index contributed by atoms with van der Waals surface area (Å²) in [5.41, 5.74) is 0. The van der Waals surface area contributed by atoms with E-state index in [1.54, 1.807) is 0 Å². The first-order chi connectivity index (χ1) is 1.73. The van der Waals surface area contributed by atoms with E-state index in [1.807, 2.05) is 0 Å². The van der Waals surface area contributed by atoms with Crippen LogP contribution < -0.4 is 10.2 Å². The molecule has 0 N–H and O–H groups in total. The Morgan fingerprint density at radius 2 is 1.33 bits per heavy atom. The van der Waals surface area contributed by atoms with Gasteiger partial charge in [0.2, 0.25) is 0 Å². The van der Waals surface area contributed by atoms with Crippen molar-refractivity contribution in [1.82, 2.24) is 0 Å². The van der Waals surface area contributed by atoms with Crippen molar-refractivity contribution < 1.29 is 15.0 Å². The van der Waals surface area contributed by atoms with Gasteiger partial charge in [-0.2, -0.15) is 0 Å². The second-order valence-corrected chi connectivity index (χ2v) is 0.250. The van der Waals surface area contributed by atoms with Gasteiger partial charge < -0.3 is 15.0 Å². The maximum atomic E-state index is 8.33. The van der Waals surface area contributed by atoms with Crippen LogP contribution in [0.25, 0.3) is 0 Å². The zero-order chi connectivity index (χ0) is 3.58. The van der Waals surface area contributed by atoms with Crippen LogP contribution in [0.2, 0.25) is 0 Å². The molecule has 0 aromatic rings. The van der Waals surface area contributed by atoms with Crippen molar-refractivity contribution in [1.29, 1.82) is 0 Å². The van der Waals surface area contributed by atoms with Gasteiger partial charge in [-0.1, -0.05) is 0 Å². The molecule has 0 fully saturated rings. The van der Waals surface area contributed by atoms with Crippen LogP contribution in [0.15, 0.2) is 0 Å². The fourth-order valence-electron chi connectivity index (χ4n) is 0. The Hall–Kier alpha value is 2.01. The Kier molecular flexibility index (Phi) is 26.4. The third kappa shape index (κ3) is 37.3. The van der Waals surface area contributed by atoms with Gasteiger partial charge in [-0.15, -0.1) is 0 Å². The molecule has 6 heavy (non-hydrogen) atoms. The molecule has 0 aliphatic heterocycles. The third-order valence-electron chi connectivity index (χ3n) is 0. The van der Waals surface area contributed by atoms with E-state index in [2.05, 4.69) is 0 Å². The van der Waals surface area contributed by atoms with Crippen molar-refractivity contribution in [3.8, 4) is 0 Å². The van der Waals surface area contributed by atoms with Gasteiger partial charge in [0.15, 0.2) is 0 Å². The van der Waals surface area contributed by atoms with E-state index >= 15 is 0 Å². The minimum atomic E-state index is -2.33. The molecule has 0 amide bonds. The zero-order valence-electron chi connectivity index (χ0n) is 2.43. The molecule has 0 aliphatic carbocycles. The van der Waals surface area contributed by atoms with Crippen LogP contribution >= 0.6 is 0 Å². The van der Waals surface area contributed by atoms with Crippen LogP contribution in [0.5, 0.6) is 0 Å². The van der Waals surface area contributed by atoms with Crippen molar-refractivity contribution in [2.24, 2.45) is 0 Å². The van der Waals surface area contributed by atoms with E-state index in [4.69, 9.17) is 15.0 Å². The van der Waals surface area contributed by atoms with E-state index in [1.165, 1.54) is 0 Å².